The highest BCUT2D eigenvalue weighted by Gasteiger charge is 2.04. The maximum Gasteiger partial charge on any atom is -0.00609 e. The van der Waals surface area contributed by atoms with Crippen LogP contribution in [0.25, 0.3) is 11.1 Å². The molecule has 0 unspecified atom stereocenters. The van der Waals surface area contributed by atoms with Gasteiger partial charge >= 0.3 is 0 Å². The van der Waals surface area contributed by atoms with E-state index in [-0.39, 0.29) is 0 Å². The molecule has 0 amide bonds. The minimum Gasteiger partial charge on any atom is -0.0804 e. The monoisotopic (exact) mass is 310 g/mol. The van der Waals surface area contributed by atoms with Gasteiger partial charge in [-0.15, -0.1) is 0 Å². The van der Waals surface area contributed by atoms with Crippen molar-refractivity contribution in [2.45, 2.75) is 25.7 Å². The van der Waals surface area contributed by atoms with Crippen LogP contribution in [0.4, 0.5) is 0 Å². The molecule has 0 fully saturated rings. The SMILES string of the molecule is C1=CCC(Cc2ccc(-c3ccc(CC4=CC=CC4)cc3)cc2)=C1. The first-order valence-electron chi connectivity index (χ1n) is 8.74. The standard InChI is InChI=1S/C24H22/c1-2-6-19(5-1)17-21-9-13-23(14-10-21)24-15-11-22(12-16-24)18-20-7-3-4-8-20/h1-5,7,9-16H,6,8,17-18H2. The van der Waals surface area contributed by atoms with Gasteiger partial charge in [0.15, 0.2) is 0 Å². The van der Waals surface area contributed by atoms with E-state index in [9.17, 15) is 0 Å². The smallest absolute Gasteiger partial charge is 0.00609 e. The van der Waals surface area contributed by atoms with E-state index in [1.54, 1.807) is 0 Å². The summed E-state index contributed by atoms with van der Waals surface area (Å²) in [5, 5.41) is 0. The van der Waals surface area contributed by atoms with Gasteiger partial charge in [0.1, 0.15) is 0 Å². The van der Waals surface area contributed by atoms with E-state index in [0.717, 1.165) is 25.7 Å². The van der Waals surface area contributed by atoms with Crippen molar-refractivity contribution >= 4 is 0 Å². The lowest BCUT2D eigenvalue weighted by molar-refractivity contribution is 1.09. The first-order valence-corrected chi connectivity index (χ1v) is 8.74. The average molecular weight is 310 g/mol. The lowest BCUT2D eigenvalue weighted by Gasteiger charge is -2.07. The molecule has 0 nitrogen and oxygen atoms in total. The van der Waals surface area contributed by atoms with Crippen molar-refractivity contribution in [2.75, 3.05) is 0 Å². The molecule has 2 aliphatic carbocycles. The maximum absolute atomic E-state index is 2.26. The summed E-state index contributed by atoms with van der Waals surface area (Å²) in [6, 6.07) is 18.0. The molecule has 4 rings (SSSR count). The van der Waals surface area contributed by atoms with E-state index >= 15 is 0 Å². The molecular weight excluding hydrogens is 288 g/mol. The topological polar surface area (TPSA) is 0 Å². The molecule has 0 atom stereocenters. The van der Waals surface area contributed by atoms with Crippen molar-refractivity contribution in [1.82, 2.24) is 0 Å². The van der Waals surface area contributed by atoms with Crippen LogP contribution in [0.2, 0.25) is 0 Å². The zero-order chi connectivity index (χ0) is 16.2. The van der Waals surface area contributed by atoms with Gasteiger partial charge in [-0.25, -0.2) is 0 Å². The largest absolute Gasteiger partial charge is 0.0804 e. The van der Waals surface area contributed by atoms with E-state index < -0.39 is 0 Å². The summed E-state index contributed by atoms with van der Waals surface area (Å²) in [6.07, 6.45) is 17.6. The highest BCUT2D eigenvalue weighted by molar-refractivity contribution is 5.64. The van der Waals surface area contributed by atoms with Crippen molar-refractivity contribution in [3.8, 4) is 11.1 Å². The van der Waals surface area contributed by atoms with E-state index in [2.05, 4.69) is 85.0 Å². The summed E-state index contributed by atoms with van der Waals surface area (Å²) < 4.78 is 0. The third-order valence-corrected chi connectivity index (χ3v) is 4.80. The molecule has 0 heterocycles. The molecule has 0 saturated carbocycles. The molecular formula is C24H22. The van der Waals surface area contributed by atoms with Crippen LogP contribution in [-0.2, 0) is 12.8 Å². The first kappa shape index (κ1) is 15.0. The predicted octanol–water partition coefficient (Wildman–Crippen LogP) is 6.21. The van der Waals surface area contributed by atoms with Crippen molar-refractivity contribution in [2.24, 2.45) is 0 Å². The number of hydrogen-bond donors (Lipinski definition) is 0. The normalized spacial score (nSPS) is 15.7. The molecule has 0 aromatic heterocycles. The Balaban J connectivity index is 1.43. The second kappa shape index (κ2) is 6.88. The van der Waals surface area contributed by atoms with Gasteiger partial charge in [0, 0.05) is 0 Å². The van der Waals surface area contributed by atoms with Gasteiger partial charge in [0.05, 0.1) is 0 Å². The Morgan fingerprint density at radius 1 is 0.542 bits per heavy atom. The second-order valence-electron chi connectivity index (χ2n) is 6.66. The fourth-order valence-corrected chi connectivity index (χ4v) is 3.40. The minimum absolute atomic E-state index is 1.06. The Kier molecular flexibility index (Phi) is 4.29. The Bertz CT molecular complexity index is 751. The van der Waals surface area contributed by atoms with Crippen LogP contribution in [0, 0.1) is 0 Å². The molecule has 0 radical (unpaired) electrons. The quantitative estimate of drug-likeness (QED) is 0.615. The zero-order valence-electron chi connectivity index (χ0n) is 13.9. The summed E-state index contributed by atoms with van der Waals surface area (Å²) in [4.78, 5) is 0. The van der Waals surface area contributed by atoms with E-state index in [1.165, 1.54) is 33.4 Å². The van der Waals surface area contributed by atoms with Crippen LogP contribution >= 0.6 is 0 Å². The molecule has 2 aromatic carbocycles. The lowest BCUT2D eigenvalue weighted by Crippen LogP contribution is -1.89. The van der Waals surface area contributed by atoms with Gasteiger partial charge in [-0.1, -0.05) is 96.1 Å². The Morgan fingerprint density at radius 2 is 0.958 bits per heavy atom. The van der Waals surface area contributed by atoms with E-state index in [4.69, 9.17) is 0 Å². The molecule has 0 bridgehead atoms. The summed E-state index contributed by atoms with van der Waals surface area (Å²) in [7, 11) is 0. The van der Waals surface area contributed by atoms with E-state index in [0.29, 0.717) is 0 Å². The van der Waals surface area contributed by atoms with Gasteiger partial charge < -0.3 is 0 Å². The Labute approximate surface area is 144 Å². The maximum atomic E-state index is 2.26. The highest BCUT2D eigenvalue weighted by Crippen LogP contribution is 2.24. The molecule has 24 heavy (non-hydrogen) atoms. The van der Waals surface area contributed by atoms with Crippen LogP contribution in [0.5, 0.6) is 0 Å². The van der Waals surface area contributed by atoms with Gasteiger partial charge in [-0.05, 0) is 47.9 Å². The third kappa shape index (κ3) is 3.49. The van der Waals surface area contributed by atoms with Crippen molar-refractivity contribution in [3.63, 3.8) is 0 Å². The average Bonchev–Trinajstić information content (AvgIpc) is 3.31. The molecule has 118 valence electrons. The van der Waals surface area contributed by atoms with E-state index in [1.807, 2.05) is 0 Å². The molecule has 2 aliphatic rings. The molecule has 0 N–H and O–H groups in total. The predicted molar refractivity (Wildman–Crippen MR) is 103 cm³/mol. The first-order chi connectivity index (χ1) is 11.9. The van der Waals surface area contributed by atoms with Crippen LogP contribution in [-0.4, -0.2) is 0 Å². The summed E-state index contributed by atoms with van der Waals surface area (Å²) >= 11 is 0. The molecule has 0 aliphatic heterocycles. The summed E-state index contributed by atoms with van der Waals surface area (Å²) in [6.45, 7) is 0. The summed E-state index contributed by atoms with van der Waals surface area (Å²) in [5.74, 6) is 0. The van der Waals surface area contributed by atoms with Crippen molar-refractivity contribution in [3.05, 3.63) is 107 Å². The summed E-state index contributed by atoms with van der Waals surface area (Å²) in [5.41, 5.74) is 8.39. The van der Waals surface area contributed by atoms with Gasteiger partial charge in [-0.2, -0.15) is 0 Å². The fraction of sp³-hybridized carbons (Fsp3) is 0.167. The van der Waals surface area contributed by atoms with Crippen LogP contribution < -0.4 is 0 Å². The number of benzene rings is 2. The molecule has 0 saturated heterocycles. The van der Waals surface area contributed by atoms with Crippen molar-refractivity contribution < 1.29 is 0 Å². The zero-order valence-corrected chi connectivity index (χ0v) is 13.9. The third-order valence-electron chi connectivity index (χ3n) is 4.80. The number of hydrogen-bond acceptors (Lipinski definition) is 0. The minimum atomic E-state index is 1.06. The van der Waals surface area contributed by atoms with Crippen LogP contribution in [0.3, 0.4) is 0 Å². The number of allylic oxidation sites excluding steroid dienone is 8. The Hall–Kier alpha value is -2.60. The lowest BCUT2D eigenvalue weighted by atomic mass is 9.98. The van der Waals surface area contributed by atoms with Gasteiger partial charge in [-0.3, -0.25) is 0 Å². The highest BCUT2D eigenvalue weighted by atomic mass is 14.1. The number of rotatable bonds is 5. The Morgan fingerprint density at radius 3 is 1.29 bits per heavy atom. The molecule has 2 aromatic rings. The molecule has 0 spiro atoms. The van der Waals surface area contributed by atoms with Crippen LogP contribution in [0.1, 0.15) is 24.0 Å². The molecule has 0 heteroatoms. The fourth-order valence-electron chi connectivity index (χ4n) is 3.40. The van der Waals surface area contributed by atoms with Crippen LogP contribution in [0.15, 0.2) is 96.1 Å². The second-order valence-corrected chi connectivity index (χ2v) is 6.66. The van der Waals surface area contributed by atoms with Gasteiger partial charge in [0.25, 0.3) is 0 Å². The van der Waals surface area contributed by atoms with Crippen molar-refractivity contribution in [1.29, 1.82) is 0 Å². The van der Waals surface area contributed by atoms with Gasteiger partial charge in [0.2, 0.25) is 0 Å².